The van der Waals surface area contributed by atoms with Crippen LogP contribution in [0.3, 0.4) is 0 Å². The molecular weight excluding hydrogens is 330 g/mol. The summed E-state index contributed by atoms with van der Waals surface area (Å²) < 4.78 is 5.03. The number of carbonyl (C=O) groups is 2. The molecule has 0 bridgehead atoms. The van der Waals surface area contributed by atoms with Gasteiger partial charge in [-0.2, -0.15) is 0 Å². The van der Waals surface area contributed by atoms with Crippen molar-refractivity contribution >= 4 is 11.9 Å². The molecule has 0 saturated heterocycles. The van der Waals surface area contributed by atoms with Crippen molar-refractivity contribution in [3.63, 3.8) is 0 Å². The van der Waals surface area contributed by atoms with Crippen LogP contribution in [0, 0.1) is 12.8 Å². The van der Waals surface area contributed by atoms with E-state index in [0.717, 1.165) is 12.0 Å². The third-order valence-corrected chi connectivity index (χ3v) is 4.05. The van der Waals surface area contributed by atoms with Gasteiger partial charge in [0.05, 0.1) is 17.9 Å². The molecule has 0 aliphatic rings. The molecule has 2 rings (SSSR count). The first-order valence-electron chi connectivity index (χ1n) is 8.74. The lowest BCUT2D eigenvalue weighted by Gasteiger charge is -2.23. The Morgan fingerprint density at radius 3 is 2.35 bits per heavy atom. The van der Waals surface area contributed by atoms with Crippen LogP contribution >= 0.6 is 0 Å². The summed E-state index contributed by atoms with van der Waals surface area (Å²) in [6, 6.07) is 8.03. The summed E-state index contributed by atoms with van der Waals surface area (Å²) in [6.07, 6.45) is 3.78. The van der Waals surface area contributed by atoms with Crippen LogP contribution < -0.4 is 5.32 Å². The lowest BCUT2D eigenvalue weighted by Crippen LogP contribution is -2.35. The van der Waals surface area contributed by atoms with Crippen LogP contribution in [0.1, 0.15) is 54.1 Å². The molecule has 0 unspecified atom stereocenters. The van der Waals surface area contributed by atoms with Crippen LogP contribution in [0.15, 0.2) is 36.7 Å². The topological polar surface area (TPSA) is 81.2 Å². The first-order valence-corrected chi connectivity index (χ1v) is 8.74. The Morgan fingerprint density at radius 1 is 1.12 bits per heavy atom. The molecule has 138 valence electrons. The summed E-state index contributed by atoms with van der Waals surface area (Å²) in [7, 11) is 0. The minimum Gasteiger partial charge on any atom is -0.451 e. The van der Waals surface area contributed by atoms with E-state index in [1.165, 1.54) is 18.0 Å². The number of esters is 1. The van der Waals surface area contributed by atoms with E-state index < -0.39 is 5.97 Å². The van der Waals surface area contributed by atoms with Crippen molar-refractivity contribution < 1.29 is 14.3 Å². The molecule has 0 spiro atoms. The fourth-order valence-electron chi connectivity index (χ4n) is 2.51. The summed E-state index contributed by atoms with van der Waals surface area (Å²) in [5.74, 6) is -0.817. The highest BCUT2D eigenvalue weighted by Gasteiger charge is 2.19. The Kier molecular flexibility index (Phi) is 6.83. The molecule has 0 aliphatic heterocycles. The van der Waals surface area contributed by atoms with E-state index in [1.54, 1.807) is 6.92 Å². The molecule has 0 aliphatic carbocycles. The van der Waals surface area contributed by atoms with Gasteiger partial charge in [0.25, 0.3) is 5.91 Å². The third kappa shape index (κ3) is 5.37. The summed E-state index contributed by atoms with van der Waals surface area (Å²) in [5, 5.41) is 2.93. The van der Waals surface area contributed by atoms with Crippen LogP contribution in [-0.2, 0) is 16.0 Å². The van der Waals surface area contributed by atoms with Gasteiger partial charge in [0.2, 0.25) is 0 Å². The second-order valence-electron chi connectivity index (χ2n) is 6.50. The summed E-state index contributed by atoms with van der Waals surface area (Å²) >= 11 is 0. The number of ether oxygens (including phenoxy) is 1. The van der Waals surface area contributed by atoms with E-state index in [9.17, 15) is 9.59 Å². The van der Waals surface area contributed by atoms with Crippen molar-refractivity contribution in [1.82, 2.24) is 15.3 Å². The average molecular weight is 355 g/mol. The maximum atomic E-state index is 12.2. The highest BCUT2D eigenvalue weighted by Crippen LogP contribution is 2.22. The third-order valence-electron chi connectivity index (χ3n) is 4.05. The second-order valence-corrected chi connectivity index (χ2v) is 6.50. The molecule has 0 saturated carbocycles. The molecule has 1 amide bonds. The van der Waals surface area contributed by atoms with Crippen molar-refractivity contribution in [2.24, 2.45) is 5.92 Å². The number of nitrogens with one attached hydrogen (secondary N) is 1. The maximum Gasteiger partial charge on any atom is 0.359 e. The lowest BCUT2D eigenvalue weighted by atomic mass is 9.95. The number of rotatable bonds is 7. The normalized spacial score (nSPS) is 11.9. The second kappa shape index (κ2) is 9.08. The molecule has 1 heterocycles. The van der Waals surface area contributed by atoms with Crippen molar-refractivity contribution in [2.45, 2.75) is 40.2 Å². The van der Waals surface area contributed by atoms with Gasteiger partial charge in [-0.25, -0.2) is 9.78 Å². The molecule has 1 atom stereocenters. The van der Waals surface area contributed by atoms with Gasteiger partial charge in [-0.05, 0) is 30.4 Å². The number of hydrogen-bond donors (Lipinski definition) is 1. The van der Waals surface area contributed by atoms with Crippen molar-refractivity contribution in [3.05, 3.63) is 59.2 Å². The van der Waals surface area contributed by atoms with Crippen LogP contribution in [0.25, 0.3) is 0 Å². The first kappa shape index (κ1) is 19.6. The molecular formula is C20H25N3O3. The van der Waals surface area contributed by atoms with E-state index in [1.807, 2.05) is 26.0 Å². The van der Waals surface area contributed by atoms with Gasteiger partial charge in [0.15, 0.2) is 12.3 Å². The van der Waals surface area contributed by atoms with Crippen LogP contribution in [-0.4, -0.2) is 28.5 Å². The number of benzene rings is 1. The number of nitrogens with zero attached hydrogens (tertiary/aromatic N) is 2. The zero-order valence-corrected chi connectivity index (χ0v) is 15.7. The van der Waals surface area contributed by atoms with E-state index >= 15 is 0 Å². The monoisotopic (exact) mass is 355 g/mol. The molecule has 1 aromatic carbocycles. The van der Waals surface area contributed by atoms with Crippen molar-refractivity contribution in [1.29, 1.82) is 0 Å². The highest BCUT2D eigenvalue weighted by atomic mass is 16.5. The van der Waals surface area contributed by atoms with Gasteiger partial charge >= 0.3 is 5.97 Å². The quantitative estimate of drug-likeness (QED) is 0.772. The van der Waals surface area contributed by atoms with E-state index in [-0.39, 0.29) is 30.2 Å². The van der Waals surface area contributed by atoms with Gasteiger partial charge in [-0.1, -0.05) is 45.0 Å². The minimum atomic E-state index is -0.666. The SMILES string of the molecule is CCc1ccc([C@H](NC(=O)COC(=O)c2cnc(C)cn2)C(C)C)cc1. The maximum absolute atomic E-state index is 12.2. The number of carbonyl (C=O) groups excluding carboxylic acids is 2. The minimum absolute atomic E-state index is 0.0824. The van der Waals surface area contributed by atoms with Crippen LogP contribution in [0.5, 0.6) is 0 Å². The predicted octanol–water partition coefficient (Wildman–Crippen LogP) is 3.02. The first-order chi connectivity index (χ1) is 12.4. The van der Waals surface area contributed by atoms with Gasteiger partial charge in [0.1, 0.15) is 0 Å². The molecule has 6 heteroatoms. The Labute approximate surface area is 154 Å². The number of aryl methyl sites for hydroxylation is 2. The smallest absolute Gasteiger partial charge is 0.359 e. The standard InChI is InChI=1S/C20H25N3O3/c1-5-15-6-8-16(9-7-15)19(13(2)3)23-18(24)12-26-20(25)17-11-21-14(4)10-22-17/h6-11,13,19H,5,12H2,1-4H3,(H,23,24)/t19-/m1/s1. The Bertz CT molecular complexity index is 740. The van der Waals surface area contributed by atoms with E-state index in [0.29, 0.717) is 5.69 Å². The Hall–Kier alpha value is -2.76. The molecule has 26 heavy (non-hydrogen) atoms. The summed E-state index contributed by atoms with van der Waals surface area (Å²) in [4.78, 5) is 32.1. The highest BCUT2D eigenvalue weighted by molar-refractivity contribution is 5.89. The van der Waals surface area contributed by atoms with Crippen molar-refractivity contribution in [2.75, 3.05) is 6.61 Å². The van der Waals surface area contributed by atoms with E-state index in [2.05, 4.69) is 34.3 Å². The molecule has 6 nitrogen and oxygen atoms in total. The molecule has 1 N–H and O–H groups in total. The fourth-order valence-corrected chi connectivity index (χ4v) is 2.51. The average Bonchev–Trinajstić information content (AvgIpc) is 2.64. The van der Waals surface area contributed by atoms with Crippen LogP contribution in [0.4, 0.5) is 0 Å². The number of amides is 1. The largest absolute Gasteiger partial charge is 0.451 e. The van der Waals surface area contributed by atoms with E-state index in [4.69, 9.17) is 4.74 Å². The lowest BCUT2D eigenvalue weighted by molar-refractivity contribution is -0.125. The molecule has 0 radical (unpaired) electrons. The van der Waals surface area contributed by atoms with Gasteiger partial charge in [-0.3, -0.25) is 9.78 Å². The zero-order valence-electron chi connectivity index (χ0n) is 15.7. The Morgan fingerprint density at radius 2 is 1.81 bits per heavy atom. The van der Waals surface area contributed by atoms with Crippen molar-refractivity contribution in [3.8, 4) is 0 Å². The van der Waals surface area contributed by atoms with Gasteiger partial charge < -0.3 is 10.1 Å². The van der Waals surface area contributed by atoms with Gasteiger partial charge in [0, 0.05) is 6.20 Å². The number of hydrogen-bond acceptors (Lipinski definition) is 5. The molecule has 0 fully saturated rings. The summed E-state index contributed by atoms with van der Waals surface area (Å²) in [5.41, 5.74) is 3.06. The predicted molar refractivity (Wildman–Crippen MR) is 98.6 cm³/mol. The van der Waals surface area contributed by atoms with Crippen LogP contribution in [0.2, 0.25) is 0 Å². The molecule has 1 aromatic heterocycles. The fraction of sp³-hybridized carbons (Fsp3) is 0.400. The summed E-state index contributed by atoms with van der Waals surface area (Å²) in [6.45, 7) is 7.59. The molecule has 2 aromatic rings. The van der Waals surface area contributed by atoms with Gasteiger partial charge in [-0.15, -0.1) is 0 Å². The zero-order chi connectivity index (χ0) is 19.1. The number of aromatic nitrogens is 2. The Balaban J connectivity index is 1.94.